The van der Waals surface area contributed by atoms with Gasteiger partial charge in [-0.05, 0) is 26.7 Å². The van der Waals surface area contributed by atoms with Crippen LogP contribution < -0.4 is 5.32 Å². The summed E-state index contributed by atoms with van der Waals surface area (Å²) in [6.45, 7) is 7.47. The molecule has 1 saturated heterocycles. The van der Waals surface area contributed by atoms with Crippen molar-refractivity contribution in [2.24, 2.45) is 0 Å². The standard InChI is InChI=1S/C16H28N2O4S/c1-4-5-10-22-16(2,3)7-8-17-13(19)6-9-18-14(20)11-12(23)15(18)21/h12,23H,4-11H2,1-3H3,(H,17,19). The topological polar surface area (TPSA) is 75.7 Å². The van der Waals surface area contributed by atoms with Crippen LogP contribution in [0, 0.1) is 0 Å². The highest BCUT2D eigenvalue weighted by Gasteiger charge is 2.36. The monoisotopic (exact) mass is 344 g/mol. The number of amides is 3. The molecule has 0 radical (unpaired) electrons. The van der Waals surface area contributed by atoms with E-state index in [1.54, 1.807) is 0 Å². The van der Waals surface area contributed by atoms with Crippen LogP contribution in [-0.4, -0.2) is 53.2 Å². The number of ether oxygens (including phenoxy) is 1. The fraction of sp³-hybridized carbons (Fsp3) is 0.812. The first-order valence-electron chi connectivity index (χ1n) is 8.20. The maximum Gasteiger partial charge on any atom is 0.242 e. The van der Waals surface area contributed by atoms with Crippen LogP contribution in [0.5, 0.6) is 0 Å². The number of rotatable bonds is 10. The smallest absolute Gasteiger partial charge is 0.242 e. The second kappa shape index (κ2) is 9.27. The molecule has 0 aliphatic carbocycles. The molecule has 0 aromatic heterocycles. The Morgan fingerprint density at radius 1 is 1.43 bits per heavy atom. The summed E-state index contributed by atoms with van der Waals surface area (Å²) in [5, 5.41) is 2.24. The van der Waals surface area contributed by atoms with Crippen molar-refractivity contribution in [1.29, 1.82) is 0 Å². The van der Waals surface area contributed by atoms with Gasteiger partial charge in [-0.2, -0.15) is 12.6 Å². The summed E-state index contributed by atoms with van der Waals surface area (Å²) in [4.78, 5) is 36.2. The third kappa shape index (κ3) is 6.91. The summed E-state index contributed by atoms with van der Waals surface area (Å²) >= 11 is 4.05. The zero-order valence-electron chi connectivity index (χ0n) is 14.3. The van der Waals surface area contributed by atoms with E-state index >= 15 is 0 Å². The Bertz CT molecular complexity index is 440. The van der Waals surface area contributed by atoms with Crippen molar-refractivity contribution >= 4 is 30.4 Å². The molecule has 0 aromatic carbocycles. The fourth-order valence-electron chi connectivity index (χ4n) is 2.27. The van der Waals surface area contributed by atoms with Gasteiger partial charge < -0.3 is 10.1 Å². The fourth-order valence-corrected chi connectivity index (χ4v) is 2.57. The Morgan fingerprint density at radius 2 is 2.13 bits per heavy atom. The molecule has 0 saturated carbocycles. The van der Waals surface area contributed by atoms with E-state index in [0.717, 1.165) is 24.3 Å². The first kappa shape index (κ1) is 20.0. The van der Waals surface area contributed by atoms with E-state index in [2.05, 4.69) is 24.9 Å². The quantitative estimate of drug-likeness (QED) is 0.358. The van der Waals surface area contributed by atoms with Gasteiger partial charge in [-0.15, -0.1) is 0 Å². The molecule has 1 aliphatic heterocycles. The minimum atomic E-state index is -0.563. The van der Waals surface area contributed by atoms with E-state index < -0.39 is 5.25 Å². The number of unbranched alkanes of at least 4 members (excludes halogenated alkanes) is 1. The van der Waals surface area contributed by atoms with Crippen LogP contribution >= 0.6 is 12.6 Å². The molecule has 1 fully saturated rings. The molecule has 1 unspecified atom stereocenters. The molecule has 1 atom stereocenters. The van der Waals surface area contributed by atoms with E-state index in [1.807, 2.05) is 13.8 Å². The molecule has 1 heterocycles. The lowest BCUT2D eigenvalue weighted by atomic mass is 10.1. The normalized spacial score (nSPS) is 18.6. The zero-order chi connectivity index (χ0) is 17.5. The van der Waals surface area contributed by atoms with Crippen LogP contribution in [0.1, 0.15) is 52.9 Å². The highest BCUT2D eigenvalue weighted by Crippen LogP contribution is 2.18. The van der Waals surface area contributed by atoms with Crippen molar-refractivity contribution in [1.82, 2.24) is 10.2 Å². The maximum atomic E-state index is 11.8. The van der Waals surface area contributed by atoms with Crippen molar-refractivity contribution in [2.75, 3.05) is 19.7 Å². The van der Waals surface area contributed by atoms with Crippen LogP contribution in [0.25, 0.3) is 0 Å². The summed E-state index contributed by atoms with van der Waals surface area (Å²) in [6.07, 6.45) is 3.07. The largest absolute Gasteiger partial charge is 0.376 e. The van der Waals surface area contributed by atoms with Gasteiger partial charge in [-0.3, -0.25) is 19.3 Å². The molecular weight excluding hydrogens is 316 g/mol. The van der Waals surface area contributed by atoms with Crippen LogP contribution in [0.3, 0.4) is 0 Å². The Morgan fingerprint density at radius 3 is 2.70 bits per heavy atom. The lowest BCUT2D eigenvalue weighted by molar-refractivity contribution is -0.138. The highest BCUT2D eigenvalue weighted by atomic mass is 32.1. The number of imide groups is 1. The summed E-state index contributed by atoms with van der Waals surface area (Å²) in [5.41, 5.74) is -0.275. The lowest BCUT2D eigenvalue weighted by Crippen LogP contribution is -2.37. The van der Waals surface area contributed by atoms with Gasteiger partial charge in [0.25, 0.3) is 0 Å². The third-order valence-corrected chi connectivity index (χ3v) is 4.23. The first-order chi connectivity index (χ1) is 10.8. The van der Waals surface area contributed by atoms with Crippen LogP contribution in [-0.2, 0) is 19.1 Å². The number of hydrogen-bond acceptors (Lipinski definition) is 5. The van der Waals surface area contributed by atoms with Gasteiger partial charge in [0.15, 0.2) is 0 Å². The van der Waals surface area contributed by atoms with Gasteiger partial charge in [0.2, 0.25) is 17.7 Å². The second-order valence-corrected chi connectivity index (χ2v) is 7.04. The van der Waals surface area contributed by atoms with Gasteiger partial charge >= 0.3 is 0 Å². The predicted molar refractivity (Wildman–Crippen MR) is 91.3 cm³/mol. The molecule has 1 aliphatic rings. The minimum absolute atomic E-state index is 0.118. The Kier molecular flexibility index (Phi) is 8.05. The molecule has 132 valence electrons. The highest BCUT2D eigenvalue weighted by molar-refractivity contribution is 7.81. The van der Waals surface area contributed by atoms with Gasteiger partial charge in [0, 0.05) is 32.5 Å². The molecule has 23 heavy (non-hydrogen) atoms. The molecule has 3 amide bonds. The molecular formula is C16H28N2O4S. The van der Waals surface area contributed by atoms with Crippen molar-refractivity contribution in [3.8, 4) is 0 Å². The summed E-state index contributed by atoms with van der Waals surface area (Å²) in [5.74, 6) is -0.734. The summed E-state index contributed by atoms with van der Waals surface area (Å²) in [6, 6.07) is 0. The lowest BCUT2D eigenvalue weighted by Gasteiger charge is -2.25. The Hall–Kier alpha value is -1.08. The number of hydrogen-bond donors (Lipinski definition) is 2. The number of thiol groups is 1. The van der Waals surface area contributed by atoms with E-state index in [9.17, 15) is 14.4 Å². The van der Waals surface area contributed by atoms with Crippen molar-refractivity contribution in [2.45, 2.75) is 63.7 Å². The molecule has 0 spiro atoms. The minimum Gasteiger partial charge on any atom is -0.376 e. The number of likely N-dealkylation sites (tertiary alicyclic amines) is 1. The summed E-state index contributed by atoms with van der Waals surface area (Å²) < 4.78 is 5.78. The van der Waals surface area contributed by atoms with Gasteiger partial charge in [0.1, 0.15) is 0 Å². The SMILES string of the molecule is CCCCOC(C)(C)CCNC(=O)CCN1C(=O)CC(S)C1=O. The average molecular weight is 344 g/mol. The van der Waals surface area contributed by atoms with Crippen molar-refractivity contribution in [3.05, 3.63) is 0 Å². The predicted octanol–water partition coefficient (Wildman–Crippen LogP) is 1.54. The van der Waals surface area contributed by atoms with Gasteiger partial charge in [-0.25, -0.2) is 0 Å². The van der Waals surface area contributed by atoms with Crippen LogP contribution in [0.4, 0.5) is 0 Å². The molecule has 1 rings (SSSR count). The van der Waals surface area contributed by atoms with Crippen molar-refractivity contribution < 1.29 is 19.1 Å². The van der Waals surface area contributed by atoms with Gasteiger partial charge in [0.05, 0.1) is 10.9 Å². The number of carbonyl (C=O) groups excluding carboxylic acids is 3. The van der Waals surface area contributed by atoms with Gasteiger partial charge in [-0.1, -0.05) is 13.3 Å². The van der Waals surface area contributed by atoms with E-state index in [0.29, 0.717) is 13.0 Å². The molecule has 7 heteroatoms. The van der Waals surface area contributed by atoms with Crippen molar-refractivity contribution in [3.63, 3.8) is 0 Å². The Labute approximate surface area is 143 Å². The molecule has 0 bridgehead atoms. The van der Waals surface area contributed by atoms with Crippen LogP contribution in [0.15, 0.2) is 0 Å². The summed E-state index contributed by atoms with van der Waals surface area (Å²) in [7, 11) is 0. The number of carbonyl (C=O) groups is 3. The number of nitrogens with zero attached hydrogens (tertiary/aromatic N) is 1. The third-order valence-electron chi connectivity index (χ3n) is 3.82. The van der Waals surface area contributed by atoms with E-state index in [4.69, 9.17) is 4.74 Å². The molecule has 0 aromatic rings. The van der Waals surface area contributed by atoms with E-state index in [1.165, 1.54) is 0 Å². The number of nitrogens with one attached hydrogen (secondary N) is 1. The molecule has 6 nitrogen and oxygen atoms in total. The first-order valence-corrected chi connectivity index (χ1v) is 8.71. The second-order valence-electron chi connectivity index (χ2n) is 6.42. The molecule has 1 N–H and O–H groups in total. The average Bonchev–Trinajstić information content (AvgIpc) is 2.70. The zero-order valence-corrected chi connectivity index (χ0v) is 15.2. The Balaban J connectivity index is 2.22. The maximum absolute atomic E-state index is 11.8. The van der Waals surface area contributed by atoms with E-state index in [-0.39, 0.29) is 42.7 Å². The van der Waals surface area contributed by atoms with Crippen LogP contribution in [0.2, 0.25) is 0 Å².